The molecule has 0 saturated heterocycles. The first-order chi connectivity index (χ1) is 7.65. The van der Waals surface area contributed by atoms with Crippen molar-refractivity contribution in [3.63, 3.8) is 0 Å². The summed E-state index contributed by atoms with van der Waals surface area (Å²) in [4.78, 5) is 0. The van der Waals surface area contributed by atoms with Crippen LogP contribution in [-0.4, -0.2) is 4.57 Å². The normalized spacial score (nSPS) is 13.2. The fourth-order valence-corrected chi connectivity index (χ4v) is 2.40. The Bertz CT molecular complexity index is 454. The van der Waals surface area contributed by atoms with Gasteiger partial charge in [-0.3, -0.25) is 0 Å². The summed E-state index contributed by atoms with van der Waals surface area (Å²) in [5.41, 5.74) is 4.31. The monoisotopic (exact) mass is 215 g/mol. The molecule has 0 aliphatic carbocycles. The number of aromatic nitrogens is 1. The van der Waals surface area contributed by atoms with Gasteiger partial charge >= 0.3 is 0 Å². The van der Waals surface area contributed by atoms with Crippen molar-refractivity contribution in [1.29, 1.82) is 0 Å². The lowest BCUT2D eigenvalue weighted by Gasteiger charge is -2.10. The van der Waals surface area contributed by atoms with Crippen LogP contribution >= 0.6 is 0 Å². The van der Waals surface area contributed by atoms with Gasteiger partial charge in [0.1, 0.15) is 0 Å². The number of fused-ring (bicyclic) bond motifs is 1. The van der Waals surface area contributed by atoms with Gasteiger partial charge in [-0.1, -0.05) is 38.5 Å². The Morgan fingerprint density at radius 1 is 1.25 bits per heavy atom. The summed E-state index contributed by atoms with van der Waals surface area (Å²) in [5, 5.41) is 1.41. The minimum atomic E-state index is 0.765. The topological polar surface area (TPSA) is 4.93 Å². The molecular formula is C15H21N. The summed E-state index contributed by atoms with van der Waals surface area (Å²) in [5.74, 6) is 0.765. The van der Waals surface area contributed by atoms with E-state index in [0.29, 0.717) is 0 Å². The summed E-state index contributed by atoms with van der Waals surface area (Å²) in [7, 11) is 2.19. The Kier molecular flexibility index (Phi) is 3.04. The molecule has 1 aromatic carbocycles. The molecule has 0 radical (unpaired) electrons. The molecule has 0 N–H and O–H groups in total. The van der Waals surface area contributed by atoms with E-state index < -0.39 is 0 Å². The van der Waals surface area contributed by atoms with E-state index >= 15 is 0 Å². The maximum Gasteiger partial charge on any atom is 0.0482 e. The Labute approximate surface area is 98.1 Å². The van der Waals surface area contributed by atoms with Crippen molar-refractivity contribution in [3.8, 4) is 0 Å². The van der Waals surface area contributed by atoms with Gasteiger partial charge in [0.25, 0.3) is 0 Å². The zero-order valence-electron chi connectivity index (χ0n) is 10.7. The summed E-state index contributed by atoms with van der Waals surface area (Å²) in [6.45, 7) is 6.85. The number of benzene rings is 1. The van der Waals surface area contributed by atoms with E-state index in [1.54, 1.807) is 0 Å². The molecule has 1 aromatic heterocycles. The van der Waals surface area contributed by atoms with Gasteiger partial charge in [0, 0.05) is 23.6 Å². The second-order valence-electron chi connectivity index (χ2n) is 4.87. The molecule has 0 saturated carbocycles. The lowest BCUT2D eigenvalue weighted by atomic mass is 10.0. The third-order valence-electron chi connectivity index (χ3n) is 3.75. The molecule has 1 atom stereocenters. The summed E-state index contributed by atoms with van der Waals surface area (Å²) in [6.07, 6.45) is 2.44. The molecule has 0 spiro atoms. The van der Waals surface area contributed by atoms with Gasteiger partial charge in [-0.25, -0.2) is 0 Å². The molecule has 2 rings (SSSR count). The van der Waals surface area contributed by atoms with Crippen molar-refractivity contribution < 1.29 is 0 Å². The van der Waals surface area contributed by atoms with E-state index in [0.717, 1.165) is 5.92 Å². The minimum absolute atomic E-state index is 0.765. The minimum Gasteiger partial charge on any atom is -0.347 e. The van der Waals surface area contributed by atoms with Crippen LogP contribution in [-0.2, 0) is 13.5 Å². The zero-order chi connectivity index (χ0) is 11.7. The number of hydrogen-bond acceptors (Lipinski definition) is 0. The Balaban J connectivity index is 2.53. The maximum atomic E-state index is 2.36. The summed E-state index contributed by atoms with van der Waals surface area (Å²) >= 11 is 0. The van der Waals surface area contributed by atoms with Gasteiger partial charge in [-0.15, -0.1) is 0 Å². The Hall–Kier alpha value is -1.24. The van der Waals surface area contributed by atoms with Crippen molar-refractivity contribution in [2.45, 2.75) is 33.6 Å². The number of hydrogen-bond donors (Lipinski definition) is 0. The lowest BCUT2D eigenvalue weighted by molar-refractivity contribution is 0.542. The van der Waals surface area contributed by atoms with Crippen molar-refractivity contribution >= 4 is 10.9 Å². The highest BCUT2D eigenvalue weighted by molar-refractivity contribution is 5.85. The third kappa shape index (κ3) is 1.75. The van der Waals surface area contributed by atoms with E-state index in [2.05, 4.69) is 56.7 Å². The van der Waals surface area contributed by atoms with Gasteiger partial charge in [0.15, 0.2) is 0 Å². The van der Waals surface area contributed by atoms with Crippen molar-refractivity contribution in [3.05, 3.63) is 35.5 Å². The molecule has 0 aliphatic rings. The molecule has 1 unspecified atom stereocenters. The molecule has 1 nitrogen and oxygen atoms in total. The van der Waals surface area contributed by atoms with Crippen LogP contribution in [0.1, 0.15) is 31.5 Å². The Morgan fingerprint density at radius 2 is 1.94 bits per heavy atom. The van der Waals surface area contributed by atoms with Gasteiger partial charge < -0.3 is 4.57 Å². The highest BCUT2D eigenvalue weighted by Crippen LogP contribution is 2.26. The van der Waals surface area contributed by atoms with E-state index in [9.17, 15) is 0 Å². The third-order valence-corrected chi connectivity index (χ3v) is 3.75. The summed E-state index contributed by atoms with van der Waals surface area (Å²) < 4.78 is 2.36. The average Bonchev–Trinajstić information content (AvgIpc) is 2.55. The largest absolute Gasteiger partial charge is 0.347 e. The standard InChI is InChI=1S/C15H21N/c1-5-11(2)10-15-12(3)13-8-6-7-9-14(13)16(15)4/h6-9,11H,5,10H2,1-4H3. The number of rotatable bonds is 3. The molecule has 1 heterocycles. The number of para-hydroxylation sites is 1. The van der Waals surface area contributed by atoms with Gasteiger partial charge in [0.2, 0.25) is 0 Å². The first-order valence-corrected chi connectivity index (χ1v) is 6.18. The average molecular weight is 215 g/mol. The van der Waals surface area contributed by atoms with Gasteiger partial charge in [-0.05, 0) is 30.9 Å². The molecule has 16 heavy (non-hydrogen) atoms. The van der Waals surface area contributed by atoms with E-state index in [4.69, 9.17) is 0 Å². The molecule has 1 heteroatoms. The van der Waals surface area contributed by atoms with E-state index in [-0.39, 0.29) is 0 Å². The second-order valence-corrected chi connectivity index (χ2v) is 4.87. The molecule has 0 fully saturated rings. The maximum absolute atomic E-state index is 2.36. The highest BCUT2D eigenvalue weighted by atomic mass is 14.9. The molecule has 0 aliphatic heterocycles. The lowest BCUT2D eigenvalue weighted by Crippen LogP contribution is -2.04. The van der Waals surface area contributed by atoms with Gasteiger partial charge in [0.05, 0.1) is 0 Å². The highest BCUT2D eigenvalue weighted by Gasteiger charge is 2.12. The molecule has 2 aromatic rings. The predicted molar refractivity (Wildman–Crippen MR) is 70.8 cm³/mol. The summed E-state index contributed by atoms with van der Waals surface area (Å²) in [6, 6.07) is 8.68. The van der Waals surface area contributed by atoms with Crippen LogP contribution in [0.25, 0.3) is 10.9 Å². The zero-order valence-corrected chi connectivity index (χ0v) is 10.7. The van der Waals surface area contributed by atoms with Crippen LogP contribution < -0.4 is 0 Å². The first-order valence-electron chi connectivity index (χ1n) is 6.18. The molecule has 86 valence electrons. The Morgan fingerprint density at radius 3 is 2.56 bits per heavy atom. The fourth-order valence-electron chi connectivity index (χ4n) is 2.40. The van der Waals surface area contributed by atoms with Crippen LogP contribution in [0.15, 0.2) is 24.3 Å². The molecule has 0 bridgehead atoms. The van der Waals surface area contributed by atoms with Crippen LogP contribution in [0.5, 0.6) is 0 Å². The predicted octanol–water partition coefficient (Wildman–Crippen LogP) is 4.08. The smallest absolute Gasteiger partial charge is 0.0482 e. The fraction of sp³-hybridized carbons (Fsp3) is 0.467. The first kappa shape index (κ1) is 11.3. The SMILES string of the molecule is CCC(C)Cc1c(C)c2ccccc2n1C. The number of aryl methyl sites for hydroxylation is 2. The molecule has 0 amide bonds. The van der Waals surface area contributed by atoms with Crippen molar-refractivity contribution in [2.75, 3.05) is 0 Å². The van der Waals surface area contributed by atoms with Crippen LogP contribution in [0.3, 0.4) is 0 Å². The van der Waals surface area contributed by atoms with Crippen LogP contribution in [0.4, 0.5) is 0 Å². The van der Waals surface area contributed by atoms with E-state index in [1.807, 2.05) is 0 Å². The van der Waals surface area contributed by atoms with E-state index in [1.165, 1.54) is 35.0 Å². The van der Waals surface area contributed by atoms with Gasteiger partial charge in [-0.2, -0.15) is 0 Å². The van der Waals surface area contributed by atoms with Crippen LogP contribution in [0, 0.1) is 12.8 Å². The van der Waals surface area contributed by atoms with Crippen molar-refractivity contribution in [1.82, 2.24) is 4.57 Å². The number of nitrogens with zero attached hydrogens (tertiary/aromatic N) is 1. The molecular weight excluding hydrogens is 194 g/mol. The second kappa shape index (κ2) is 4.32. The van der Waals surface area contributed by atoms with Crippen LogP contribution in [0.2, 0.25) is 0 Å². The van der Waals surface area contributed by atoms with Crippen molar-refractivity contribution in [2.24, 2.45) is 13.0 Å². The quantitative estimate of drug-likeness (QED) is 0.727.